The first kappa shape index (κ1) is 14.4. The molecule has 104 valence electrons. The van der Waals surface area contributed by atoms with Gasteiger partial charge in [0.05, 0.1) is 10.0 Å². The second-order valence-corrected chi connectivity index (χ2v) is 4.60. The van der Waals surface area contributed by atoms with E-state index in [-0.39, 0.29) is 15.9 Å². The van der Waals surface area contributed by atoms with Gasteiger partial charge >= 0.3 is 0 Å². The van der Waals surface area contributed by atoms with Gasteiger partial charge in [-0.05, 0) is 40.2 Å². The summed E-state index contributed by atoms with van der Waals surface area (Å²) in [6, 6.07) is 5.12. The van der Waals surface area contributed by atoms with Crippen LogP contribution in [0.2, 0.25) is 0 Å². The van der Waals surface area contributed by atoms with Crippen LogP contribution in [0.25, 0.3) is 0 Å². The number of pyridine rings is 1. The molecule has 8 heteroatoms. The van der Waals surface area contributed by atoms with Crippen molar-refractivity contribution < 1.29 is 13.6 Å². The molecule has 5 nitrogen and oxygen atoms in total. The number of nitrogens with zero attached hydrogens (tertiary/aromatic N) is 1. The Hall–Kier alpha value is -2.06. The van der Waals surface area contributed by atoms with Gasteiger partial charge in [0, 0.05) is 11.9 Å². The predicted molar refractivity (Wildman–Crippen MR) is 74.1 cm³/mol. The number of carbonyl (C=O) groups excluding carboxylic acids is 1. The van der Waals surface area contributed by atoms with Crippen molar-refractivity contribution in [3.63, 3.8) is 0 Å². The average molecular weight is 343 g/mol. The maximum atomic E-state index is 13.8. The standard InChI is InChI=1S/C12H9BrF2N4O/c13-8-5-6(1-2-9(8)14)18-12(20)7-3-4-17-11(19-16)10(7)15/h1-5H,16H2,(H,17,19)(H,18,20). The third-order valence-electron chi connectivity index (χ3n) is 2.45. The molecular weight excluding hydrogens is 334 g/mol. The lowest BCUT2D eigenvalue weighted by Crippen LogP contribution is -2.17. The van der Waals surface area contributed by atoms with E-state index in [0.717, 1.165) is 0 Å². The van der Waals surface area contributed by atoms with Crippen molar-refractivity contribution in [1.29, 1.82) is 0 Å². The molecule has 0 bridgehead atoms. The van der Waals surface area contributed by atoms with Crippen molar-refractivity contribution in [1.82, 2.24) is 4.98 Å². The van der Waals surface area contributed by atoms with E-state index in [2.05, 4.69) is 26.2 Å². The van der Waals surface area contributed by atoms with Crippen molar-refractivity contribution in [3.05, 3.63) is 52.1 Å². The van der Waals surface area contributed by atoms with Gasteiger partial charge in [-0.15, -0.1) is 0 Å². The van der Waals surface area contributed by atoms with Crippen LogP contribution < -0.4 is 16.6 Å². The molecule has 0 radical (unpaired) electrons. The van der Waals surface area contributed by atoms with Gasteiger partial charge in [-0.2, -0.15) is 0 Å². The van der Waals surface area contributed by atoms with Crippen molar-refractivity contribution >= 4 is 33.3 Å². The molecule has 0 aliphatic carbocycles. The number of hydrogen-bond donors (Lipinski definition) is 3. The fraction of sp³-hybridized carbons (Fsp3) is 0. The van der Waals surface area contributed by atoms with E-state index in [1.54, 1.807) is 0 Å². The van der Waals surface area contributed by atoms with Gasteiger partial charge in [0.1, 0.15) is 5.82 Å². The number of hydrogen-bond acceptors (Lipinski definition) is 4. The number of rotatable bonds is 3. The van der Waals surface area contributed by atoms with Crippen LogP contribution in [0.15, 0.2) is 34.9 Å². The molecule has 1 aromatic heterocycles. The number of nitrogens with one attached hydrogen (secondary N) is 2. The van der Waals surface area contributed by atoms with Crippen LogP contribution in [0.1, 0.15) is 10.4 Å². The Morgan fingerprint density at radius 1 is 1.30 bits per heavy atom. The average Bonchev–Trinajstić information content (AvgIpc) is 2.43. The number of amides is 1. The zero-order valence-electron chi connectivity index (χ0n) is 9.95. The minimum absolute atomic E-state index is 0.190. The number of halogens is 3. The Kier molecular flexibility index (Phi) is 4.26. The summed E-state index contributed by atoms with van der Waals surface area (Å²) >= 11 is 2.99. The first-order valence-electron chi connectivity index (χ1n) is 5.40. The Bertz CT molecular complexity index is 666. The maximum Gasteiger partial charge on any atom is 0.258 e. The zero-order chi connectivity index (χ0) is 14.7. The normalized spacial score (nSPS) is 10.2. The molecule has 0 saturated heterocycles. The highest BCUT2D eigenvalue weighted by atomic mass is 79.9. The van der Waals surface area contributed by atoms with Gasteiger partial charge in [0.2, 0.25) is 0 Å². The number of nitrogens with two attached hydrogens (primary N) is 1. The van der Waals surface area contributed by atoms with Gasteiger partial charge < -0.3 is 10.7 Å². The second kappa shape index (κ2) is 5.93. The zero-order valence-corrected chi connectivity index (χ0v) is 11.5. The lowest BCUT2D eigenvalue weighted by molar-refractivity contribution is 0.102. The fourth-order valence-electron chi connectivity index (χ4n) is 1.49. The third kappa shape index (κ3) is 2.91. The molecule has 20 heavy (non-hydrogen) atoms. The quantitative estimate of drug-likeness (QED) is 0.591. The summed E-state index contributed by atoms with van der Waals surface area (Å²) < 4.78 is 27.1. The Morgan fingerprint density at radius 2 is 2.05 bits per heavy atom. The van der Waals surface area contributed by atoms with Gasteiger partial charge in [-0.3, -0.25) is 4.79 Å². The lowest BCUT2D eigenvalue weighted by Gasteiger charge is -2.08. The summed E-state index contributed by atoms with van der Waals surface area (Å²) in [6.07, 6.45) is 1.24. The molecule has 0 aliphatic heterocycles. The molecular formula is C12H9BrF2N4O. The Morgan fingerprint density at radius 3 is 2.70 bits per heavy atom. The first-order chi connectivity index (χ1) is 9.52. The molecule has 0 atom stereocenters. The fourth-order valence-corrected chi connectivity index (χ4v) is 1.87. The summed E-state index contributed by atoms with van der Waals surface area (Å²) in [5, 5.41) is 2.45. The van der Waals surface area contributed by atoms with E-state index < -0.39 is 17.5 Å². The summed E-state index contributed by atoms with van der Waals surface area (Å²) in [4.78, 5) is 15.6. The molecule has 1 amide bonds. The topological polar surface area (TPSA) is 80.0 Å². The number of anilines is 2. The van der Waals surface area contributed by atoms with Gasteiger partial charge in [-0.25, -0.2) is 19.6 Å². The summed E-state index contributed by atoms with van der Waals surface area (Å²) in [7, 11) is 0. The minimum atomic E-state index is -0.867. The van der Waals surface area contributed by atoms with Crippen LogP contribution in [0.3, 0.4) is 0 Å². The highest BCUT2D eigenvalue weighted by Gasteiger charge is 2.16. The number of hydrazine groups is 1. The number of nitrogen functional groups attached to an aromatic ring is 1. The van der Waals surface area contributed by atoms with Crippen LogP contribution in [0, 0.1) is 11.6 Å². The van der Waals surface area contributed by atoms with E-state index in [1.807, 2.05) is 5.43 Å². The Labute approximate surface area is 121 Å². The Balaban J connectivity index is 2.26. The third-order valence-corrected chi connectivity index (χ3v) is 3.06. The summed E-state index contributed by atoms with van der Waals surface area (Å²) in [5.41, 5.74) is 2.14. The van der Waals surface area contributed by atoms with Crippen LogP contribution >= 0.6 is 15.9 Å². The smallest absolute Gasteiger partial charge is 0.258 e. The van der Waals surface area contributed by atoms with Gasteiger partial charge in [-0.1, -0.05) is 0 Å². The second-order valence-electron chi connectivity index (χ2n) is 3.75. The van der Waals surface area contributed by atoms with Crippen molar-refractivity contribution in [2.45, 2.75) is 0 Å². The summed E-state index contributed by atoms with van der Waals surface area (Å²) in [5.74, 6) is 2.81. The van der Waals surface area contributed by atoms with E-state index in [0.29, 0.717) is 5.69 Å². The molecule has 2 rings (SSSR count). The molecule has 0 aliphatic rings. The molecule has 0 fully saturated rings. The molecule has 0 unspecified atom stereocenters. The van der Waals surface area contributed by atoms with E-state index >= 15 is 0 Å². The molecule has 1 heterocycles. The molecule has 2 aromatic rings. The van der Waals surface area contributed by atoms with Crippen LogP contribution in [0.5, 0.6) is 0 Å². The van der Waals surface area contributed by atoms with E-state index in [1.165, 1.54) is 30.5 Å². The molecule has 4 N–H and O–H groups in total. The van der Waals surface area contributed by atoms with Crippen LogP contribution in [0.4, 0.5) is 20.3 Å². The van der Waals surface area contributed by atoms with Gasteiger partial charge in [0.15, 0.2) is 11.6 Å². The maximum absolute atomic E-state index is 13.8. The predicted octanol–water partition coefficient (Wildman–Crippen LogP) is 2.66. The van der Waals surface area contributed by atoms with E-state index in [4.69, 9.17) is 5.84 Å². The summed E-state index contributed by atoms with van der Waals surface area (Å²) in [6.45, 7) is 0. The van der Waals surface area contributed by atoms with Crippen LogP contribution in [-0.4, -0.2) is 10.9 Å². The van der Waals surface area contributed by atoms with E-state index in [9.17, 15) is 13.6 Å². The highest BCUT2D eigenvalue weighted by molar-refractivity contribution is 9.10. The number of carbonyl (C=O) groups is 1. The van der Waals surface area contributed by atoms with Crippen molar-refractivity contribution in [3.8, 4) is 0 Å². The van der Waals surface area contributed by atoms with Crippen molar-refractivity contribution in [2.24, 2.45) is 5.84 Å². The molecule has 0 spiro atoms. The van der Waals surface area contributed by atoms with Crippen LogP contribution in [-0.2, 0) is 0 Å². The number of aromatic nitrogens is 1. The van der Waals surface area contributed by atoms with Gasteiger partial charge in [0.25, 0.3) is 5.91 Å². The number of benzene rings is 1. The largest absolute Gasteiger partial charge is 0.322 e. The lowest BCUT2D eigenvalue weighted by atomic mass is 10.2. The molecule has 1 aromatic carbocycles. The first-order valence-corrected chi connectivity index (χ1v) is 6.19. The SMILES string of the molecule is NNc1nccc(C(=O)Nc2ccc(F)c(Br)c2)c1F. The van der Waals surface area contributed by atoms with Crippen molar-refractivity contribution in [2.75, 3.05) is 10.7 Å². The molecule has 0 saturated carbocycles. The monoisotopic (exact) mass is 342 g/mol. The highest BCUT2D eigenvalue weighted by Crippen LogP contribution is 2.21. The minimum Gasteiger partial charge on any atom is -0.322 e.